The molecule has 2 aromatic rings. The number of anilines is 1. The highest BCUT2D eigenvalue weighted by molar-refractivity contribution is 5.82. The van der Waals surface area contributed by atoms with E-state index in [0.29, 0.717) is 10.9 Å². The fraction of sp³-hybridized carbons (Fsp3) is 0.400. The SMILES string of the molecule is CCNc1nc2ccc(C(F)(F)F)cc2cc1C(C)C. The van der Waals surface area contributed by atoms with E-state index in [1.807, 2.05) is 20.8 Å². The van der Waals surface area contributed by atoms with E-state index in [1.165, 1.54) is 6.07 Å². The third-order valence-corrected chi connectivity index (χ3v) is 3.14. The van der Waals surface area contributed by atoms with Crippen molar-refractivity contribution in [1.29, 1.82) is 0 Å². The van der Waals surface area contributed by atoms with Crippen LogP contribution in [0.4, 0.5) is 19.0 Å². The van der Waals surface area contributed by atoms with Gasteiger partial charge in [-0.3, -0.25) is 0 Å². The summed E-state index contributed by atoms with van der Waals surface area (Å²) in [5.41, 5.74) is 0.856. The van der Waals surface area contributed by atoms with Gasteiger partial charge in [-0.2, -0.15) is 13.2 Å². The van der Waals surface area contributed by atoms with Crippen LogP contribution in [-0.4, -0.2) is 11.5 Å². The Balaban J connectivity index is 2.62. The number of hydrogen-bond donors (Lipinski definition) is 1. The van der Waals surface area contributed by atoms with Gasteiger partial charge in [0.05, 0.1) is 11.1 Å². The van der Waals surface area contributed by atoms with Crippen molar-refractivity contribution >= 4 is 16.7 Å². The first-order chi connectivity index (χ1) is 9.32. The van der Waals surface area contributed by atoms with Crippen molar-refractivity contribution in [2.45, 2.75) is 32.9 Å². The quantitative estimate of drug-likeness (QED) is 0.874. The second-order valence-electron chi connectivity index (χ2n) is 5.02. The number of hydrogen-bond acceptors (Lipinski definition) is 2. The lowest BCUT2D eigenvalue weighted by Crippen LogP contribution is -2.07. The predicted octanol–water partition coefficient (Wildman–Crippen LogP) is 4.81. The molecule has 0 saturated heterocycles. The van der Waals surface area contributed by atoms with E-state index in [2.05, 4.69) is 10.3 Å². The van der Waals surface area contributed by atoms with Crippen molar-refractivity contribution in [3.63, 3.8) is 0 Å². The molecule has 1 aromatic carbocycles. The number of halogens is 3. The second kappa shape index (κ2) is 5.31. The lowest BCUT2D eigenvalue weighted by Gasteiger charge is -2.15. The smallest absolute Gasteiger partial charge is 0.370 e. The molecule has 0 spiro atoms. The maximum atomic E-state index is 12.7. The summed E-state index contributed by atoms with van der Waals surface area (Å²) >= 11 is 0. The number of alkyl halides is 3. The molecule has 0 amide bonds. The molecular weight excluding hydrogens is 265 g/mol. The van der Waals surface area contributed by atoms with Gasteiger partial charge in [0.2, 0.25) is 0 Å². The highest BCUT2D eigenvalue weighted by atomic mass is 19.4. The maximum absolute atomic E-state index is 12.7. The number of pyridine rings is 1. The Kier molecular flexibility index (Phi) is 3.88. The Labute approximate surface area is 116 Å². The molecule has 108 valence electrons. The first-order valence-corrected chi connectivity index (χ1v) is 6.58. The van der Waals surface area contributed by atoms with Crippen molar-refractivity contribution in [3.8, 4) is 0 Å². The number of nitrogens with zero attached hydrogens (tertiary/aromatic N) is 1. The van der Waals surface area contributed by atoms with Crippen molar-refractivity contribution in [1.82, 2.24) is 4.98 Å². The van der Waals surface area contributed by atoms with Crippen LogP contribution in [0.1, 0.15) is 37.8 Å². The van der Waals surface area contributed by atoms with Gasteiger partial charge in [-0.15, -0.1) is 0 Å². The Morgan fingerprint density at radius 2 is 1.90 bits per heavy atom. The topological polar surface area (TPSA) is 24.9 Å². The van der Waals surface area contributed by atoms with Crippen LogP contribution in [0.15, 0.2) is 24.3 Å². The van der Waals surface area contributed by atoms with Crippen LogP contribution >= 0.6 is 0 Å². The number of rotatable bonds is 3. The molecule has 0 aliphatic rings. The van der Waals surface area contributed by atoms with E-state index in [-0.39, 0.29) is 5.92 Å². The summed E-state index contributed by atoms with van der Waals surface area (Å²) in [7, 11) is 0. The van der Waals surface area contributed by atoms with Gasteiger partial charge in [0.25, 0.3) is 0 Å². The van der Waals surface area contributed by atoms with Crippen LogP contribution in [0.25, 0.3) is 10.9 Å². The van der Waals surface area contributed by atoms with E-state index in [1.54, 1.807) is 6.07 Å². The Morgan fingerprint density at radius 1 is 1.20 bits per heavy atom. The Bertz CT molecular complexity index is 618. The van der Waals surface area contributed by atoms with Crippen molar-refractivity contribution in [2.75, 3.05) is 11.9 Å². The molecule has 0 saturated carbocycles. The van der Waals surface area contributed by atoms with Crippen LogP contribution in [0.3, 0.4) is 0 Å². The molecule has 0 atom stereocenters. The molecule has 0 aliphatic heterocycles. The molecule has 2 nitrogen and oxygen atoms in total. The monoisotopic (exact) mass is 282 g/mol. The Hall–Kier alpha value is -1.78. The van der Waals surface area contributed by atoms with Crippen LogP contribution in [0.5, 0.6) is 0 Å². The minimum atomic E-state index is -4.33. The van der Waals surface area contributed by atoms with E-state index >= 15 is 0 Å². The normalized spacial score (nSPS) is 12.2. The number of aromatic nitrogens is 1. The lowest BCUT2D eigenvalue weighted by molar-refractivity contribution is -0.137. The predicted molar refractivity (Wildman–Crippen MR) is 75.0 cm³/mol. The molecule has 5 heteroatoms. The highest BCUT2D eigenvalue weighted by Crippen LogP contribution is 2.33. The molecule has 0 aliphatic carbocycles. The molecule has 0 radical (unpaired) electrons. The molecule has 1 heterocycles. The van der Waals surface area contributed by atoms with Crippen molar-refractivity contribution in [3.05, 3.63) is 35.4 Å². The standard InChI is InChI=1S/C15H17F3N2/c1-4-19-14-12(9(2)3)8-10-7-11(15(16,17)18)5-6-13(10)20-14/h5-9H,4H2,1-3H3,(H,19,20). The average molecular weight is 282 g/mol. The number of nitrogens with one attached hydrogen (secondary N) is 1. The van der Waals surface area contributed by atoms with Gasteiger partial charge >= 0.3 is 6.18 Å². The van der Waals surface area contributed by atoms with E-state index in [4.69, 9.17) is 0 Å². The largest absolute Gasteiger partial charge is 0.416 e. The van der Waals surface area contributed by atoms with Gasteiger partial charge in [-0.25, -0.2) is 4.98 Å². The zero-order valence-electron chi connectivity index (χ0n) is 11.7. The third-order valence-electron chi connectivity index (χ3n) is 3.14. The Morgan fingerprint density at radius 3 is 2.45 bits per heavy atom. The molecule has 0 fully saturated rings. The number of benzene rings is 1. The summed E-state index contributed by atoms with van der Waals surface area (Å²) in [6.07, 6.45) is -4.33. The molecule has 0 unspecified atom stereocenters. The second-order valence-corrected chi connectivity index (χ2v) is 5.02. The van der Waals surface area contributed by atoms with E-state index in [0.717, 1.165) is 30.1 Å². The summed E-state index contributed by atoms with van der Waals surface area (Å²) in [4.78, 5) is 4.43. The molecule has 1 N–H and O–H groups in total. The molecule has 2 rings (SSSR count). The fourth-order valence-corrected chi connectivity index (χ4v) is 2.12. The maximum Gasteiger partial charge on any atom is 0.416 e. The zero-order valence-corrected chi connectivity index (χ0v) is 11.7. The van der Waals surface area contributed by atoms with Crippen LogP contribution in [0, 0.1) is 0 Å². The van der Waals surface area contributed by atoms with Gasteiger partial charge in [-0.05, 0) is 42.7 Å². The summed E-state index contributed by atoms with van der Waals surface area (Å²) in [5, 5.41) is 3.68. The lowest BCUT2D eigenvalue weighted by atomic mass is 10.0. The summed E-state index contributed by atoms with van der Waals surface area (Å²) < 4.78 is 38.2. The number of fused-ring (bicyclic) bond motifs is 1. The third kappa shape index (κ3) is 2.86. The first kappa shape index (κ1) is 14.6. The van der Waals surface area contributed by atoms with Gasteiger partial charge in [0.15, 0.2) is 0 Å². The summed E-state index contributed by atoms with van der Waals surface area (Å²) in [6, 6.07) is 5.44. The van der Waals surface area contributed by atoms with Gasteiger partial charge in [-0.1, -0.05) is 13.8 Å². The van der Waals surface area contributed by atoms with E-state index in [9.17, 15) is 13.2 Å². The van der Waals surface area contributed by atoms with Crippen LogP contribution in [0.2, 0.25) is 0 Å². The summed E-state index contributed by atoms with van der Waals surface area (Å²) in [5.74, 6) is 0.935. The fourth-order valence-electron chi connectivity index (χ4n) is 2.12. The van der Waals surface area contributed by atoms with E-state index < -0.39 is 11.7 Å². The van der Waals surface area contributed by atoms with Gasteiger partial charge < -0.3 is 5.32 Å². The molecule has 1 aromatic heterocycles. The molecule has 20 heavy (non-hydrogen) atoms. The zero-order chi connectivity index (χ0) is 14.9. The average Bonchev–Trinajstić information content (AvgIpc) is 2.36. The van der Waals surface area contributed by atoms with Crippen molar-refractivity contribution < 1.29 is 13.2 Å². The van der Waals surface area contributed by atoms with Gasteiger partial charge in [0, 0.05) is 11.9 Å². The minimum Gasteiger partial charge on any atom is -0.370 e. The van der Waals surface area contributed by atoms with Gasteiger partial charge in [0.1, 0.15) is 5.82 Å². The minimum absolute atomic E-state index is 0.190. The van der Waals surface area contributed by atoms with Crippen LogP contribution in [-0.2, 0) is 6.18 Å². The van der Waals surface area contributed by atoms with Crippen LogP contribution < -0.4 is 5.32 Å². The first-order valence-electron chi connectivity index (χ1n) is 6.58. The summed E-state index contributed by atoms with van der Waals surface area (Å²) in [6.45, 7) is 6.68. The molecular formula is C15H17F3N2. The highest BCUT2D eigenvalue weighted by Gasteiger charge is 2.30. The van der Waals surface area contributed by atoms with Crippen molar-refractivity contribution in [2.24, 2.45) is 0 Å². The molecule has 0 bridgehead atoms.